The Kier molecular flexibility index (Phi) is 6.06. The fourth-order valence-electron chi connectivity index (χ4n) is 2.36. The molecule has 1 aromatic carbocycles. The van der Waals surface area contributed by atoms with E-state index in [-0.39, 0.29) is 18.8 Å². The van der Waals surface area contributed by atoms with Gasteiger partial charge in [-0.25, -0.2) is 9.59 Å². The summed E-state index contributed by atoms with van der Waals surface area (Å²) < 4.78 is 16.1. The molecule has 6 heteroatoms. The first kappa shape index (κ1) is 18.1. The minimum Gasteiger partial charge on any atom is -0.482 e. The zero-order valence-corrected chi connectivity index (χ0v) is 14.5. The second kappa shape index (κ2) is 8.04. The molecule has 0 spiro atoms. The SMILES string of the molecule is CC(C)(C)OC(=O)N1CCC(OC(=O)COc2ccccc2)CC1. The van der Waals surface area contributed by atoms with Gasteiger partial charge in [0.1, 0.15) is 17.5 Å². The summed E-state index contributed by atoms with van der Waals surface area (Å²) >= 11 is 0. The molecule has 1 aliphatic heterocycles. The Morgan fingerprint density at radius 3 is 2.33 bits per heavy atom. The number of para-hydroxylation sites is 1. The molecule has 132 valence electrons. The molecule has 1 aliphatic rings. The zero-order valence-electron chi connectivity index (χ0n) is 14.5. The number of ether oxygens (including phenoxy) is 3. The maximum Gasteiger partial charge on any atom is 0.410 e. The third-order valence-corrected chi connectivity index (χ3v) is 3.49. The fourth-order valence-corrected chi connectivity index (χ4v) is 2.36. The van der Waals surface area contributed by atoms with Gasteiger partial charge in [0.2, 0.25) is 0 Å². The molecule has 0 radical (unpaired) electrons. The van der Waals surface area contributed by atoms with E-state index in [1.807, 2.05) is 39.0 Å². The normalized spacial score (nSPS) is 15.7. The smallest absolute Gasteiger partial charge is 0.410 e. The summed E-state index contributed by atoms with van der Waals surface area (Å²) in [5, 5.41) is 0. The van der Waals surface area contributed by atoms with Gasteiger partial charge in [-0.15, -0.1) is 0 Å². The highest BCUT2D eigenvalue weighted by Gasteiger charge is 2.28. The lowest BCUT2D eigenvalue weighted by Crippen LogP contribution is -2.44. The zero-order chi connectivity index (χ0) is 17.6. The molecule has 1 heterocycles. The number of benzene rings is 1. The van der Waals surface area contributed by atoms with Crippen molar-refractivity contribution in [3.63, 3.8) is 0 Å². The topological polar surface area (TPSA) is 65.1 Å². The Morgan fingerprint density at radius 1 is 1.12 bits per heavy atom. The van der Waals surface area contributed by atoms with Gasteiger partial charge in [-0.05, 0) is 32.9 Å². The summed E-state index contributed by atoms with van der Waals surface area (Å²) in [6.07, 6.45) is 0.711. The van der Waals surface area contributed by atoms with Crippen LogP contribution in [0, 0.1) is 0 Å². The molecule has 0 unspecified atom stereocenters. The van der Waals surface area contributed by atoms with E-state index in [0.29, 0.717) is 31.7 Å². The predicted octanol–water partition coefficient (Wildman–Crippen LogP) is 3.01. The van der Waals surface area contributed by atoms with Crippen molar-refractivity contribution in [2.45, 2.75) is 45.3 Å². The Morgan fingerprint density at radius 2 is 1.75 bits per heavy atom. The molecule has 24 heavy (non-hydrogen) atoms. The third-order valence-electron chi connectivity index (χ3n) is 3.49. The highest BCUT2D eigenvalue weighted by atomic mass is 16.6. The van der Waals surface area contributed by atoms with E-state index in [9.17, 15) is 9.59 Å². The van der Waals surface area contributed by atoms with Gasteiger partial charge in [-0.3, -0.25) is 0 Å². The number of nitrogens with zero attached hydrogens (tertiary/aromatic N) is 1. The first-order valence-electron chi connectivity index (χ1n) is 8.19. The van der Waals surface area contributed by atoms with E-state index in [4.69, 9.17) is 14.2 Å². The van der Waals surface area contributed by atoms with Crippen LogP contribution in [0.1, 0.15) is 33.6 Å². The number of carbonyl (C=O) groups is 2. The van der Waals surface area contributed by atoms with Crippen molar-refractivity contribution < 1.29 is 23.8 Å². The molecule has 1 fully saturated rings. The van der Waals surface area contributed by atoms with Crippen molar-refractivity contribution in [3.05, 3.63) is 30.3 Å². The Balaban J connectivity index is 1.69. The van der Waals surface area contributed by atoms with Gasteiger partial charge in [-0.2, -0.15) is 0 Å². The Labute approximate surface area is 142 Å². The van der Waals surface area contributed by atoms with E-state index >= 15 is 0 Å². The monoisotopic (exact) mass is 335 g/mol. The van der Waals surface area contributed by atoms with E-state index in [1.54, 1.807) is 17.0 Å². The molecule has 0 saturated carbocycles. The first-order valence-corrected chi connectivity index (χ1v) is 8.19. The van der Waals surface area contributed by atoms with Gasteiger partial charge in [0, 0.05) is 25.9 Å². The molecule has 1 saturated heterocycles. The molecule has 2 rings (SSSR count). The fraction of sp³-hybridized carbons (Fsp3) is 0.556. The number of amides is 1. The molecular formula is C18H25NO5. The number of carbonyl (C=O) groups excluding carboxylic acids is 2. The standard InChI is InChI=1S/C18H25NO5/c1-18(2,3)24-17(21)19-11-9-15(10-12-19)23-16(20)13-22-14-7-5-4-6-8-14/h4-8,15H,9-13H2,1-3H3. The average molecular weight is 335 g/mol. The number of piperidine rings is 1. The van der Waals surface area contributed by atoms with Crippen LogP contribution >= 0.6 is 0 Å². The molecule has 0 N–H and O–H groups in total. The summed E-state index contributed by atoms with van der Waals surface area (Å²) in [5.41, 5.74) is -0.505. The summed E-state index contributed by atoms with van der Waals surface area (Å²) in [6.45, 7) is 6.44. The summed E-state index contributed by atoms with van der Waals surface area (Å²) in [4.78, 5) is 25.5. The van der Waals surface area contributed by atoms with Crippen molar-refractivity contribution in [1.29, 1.82) is 0 Å². The van der Waals surface area contributed by atoms with Crippen molar-refractivity contribution in [3.8, 4) is 5.75 Å². The van der Waals surface area contributed by atoms with E-state index < -0.39 is 11.6 Å². The van der Waals surface area contributed by atoms with Crippen LogP contribution < -0.4 is 4.74 Å². The molecule has 1 amide bonds. The maximum absolute atomic E-state index is 12.0. The molecule has 0 atom stereocenters. The van der Waals surface area contributed by atoms with Crippen LogP contribution in [0.5, 0.6) is 5.75 Å². The predicted molar refractivity (Wildman–Crippen MR) is 88.9 cm³/mol. The van der Waals surface area contributed by atoms with Crippen LogP contribution in [0.15, 0.2) is 30.3 Å². The van der Waals surface area contributed by atoms with Crippen LogP contribution in [-0.2, 0) is 14.3 Å². The second-order valence-corrected chi connectivity index (χ2v) is 6.76. The van der Waals surface area contributed by atoms with Crippen LogP contribution in [0.2, 0.25) is 0 Å². The van der Waals surface area contributed by atoms with Crippen LogP contribution in [0.25, 0.3) is 0 Å². The van der Waals surface area contributed by atoms with Crippen molar-refractivity contribution >= 4 is 12.1 Å². The quantitative estimate of drug-likeness (QED) is 0.792. The maximum atomic E-state index is 12.0. The van der Waals surface area contributed by atoms with Gasteiger partial charge >= 0.3 is 12.1 Å². The number of rotatable bonds is 4. The van der Waals surface area contributed by atoms with E-state index in [2.05, 4.69) is 0 Å². The van der Waals surface area contributed by atoms with Gasteiger partial charge < -0.3 is 19.1 Å². The van der Waals surface area contributed by atoms with Crippen molar-refractivity contribution in [1.82, 2.24) is 4.90 Å². The summed E-state index contributed by atoms with van der Waals surface area (Å²) in [6, 6.07) is 9.13. The highest BCUT2D eigenvalue weighted by Crippen LogP contribution is 2.17. The van der Waals surface area contributed by atoms with Gasteiger partial charge in [-0.1, -0.05) is 18.2 Å². The van der Waals surface area contributed by atoms with Crippen molar-refractivity contribution in [2.75, 3.05) is 19.7 Å². The second-order valence-electron chi connectivity index (χ2n) is 6.76. The largest absolute Gasteiger partial charge is 0.482 e. The lowest BCUT2D eigenvalue weighted by molar-refractivity contribution is -0.153. The number of likely N-dealkylation sites (tertiary alicyclic amines) is 1. The van der Waals surface area contributed by atoms with E-state index in [0.717, 1.165) is 0 Å². The summed E-state index contributed by atoms with van der Waals surface area (Å²) in [7, 11) is 0. The molecular weight excluding hydrogens is 310 g/mol. The molecule has 1 aromatic rings. The van der Waals surface area contributed by atoms with Gasteiger partial charge in [0.25, 0.3) is 0 Å². The van der Waals surface area contributed by atoms with E-state index in [1.165, 1.54) is 0 Å². The van der Waals surface area contributed by atoms with Gasteiger partial charge in [0.15, 0.2) is 6.61 Å². The Bertz CT molecular complexity index is 544. The minimum absolute atomic E-state index is 0.115. The summed E-state index contributed by atoms with van der Waals surface area (Å²) in [5.74, 6) is 0.240. The number of esters is 1. The Hall–Kier alpha value is -2.24. The molecule has 0 aromatic heterocycles. The number of hydrogen-bond donors (Lipinski definition) is 0. The average Bonchev–Trinajstić information content (AvgIpc) is 2.53. The van der Waals surface area contributed by atoms with Crippen LogP contribution in [0.4, 0.5) is 4.79 Å². The lowest BCUT2D eigenvalue weighted by atomic mass is 10.1. The van der Waals surface area contributed by atoms with Crippen LogP contribution in [-0.4, -0.2) is 48.4 Å². The van der Waals surface area contributed by atoms with Gasteiger partial charge in [0.05, 0.1) is 0 Å². The van der Waals surface area contributed by atoms with Crippen LogP contribution in [0.3, 0.4) is 0 Å². The lowest BCUT2D eigenvalue weighted by Gasteiger charge is -2.33. The molecule has 0 bridgehead atoms. The van der Waals surface area contributed by atoms with Crippen molar-refractivity contribution in [2.24, 2.45) is 0 Å². The molecule has 0 aliphatic carbocycles. The first-order chi connectivity index (χ1) is 11.3. The highest BCUT2D eigenvalue weighted by molar-refractivity contribution is 5.71. The minimum atomic E-state index is -0.505. The third kappa shape index (κ3) is 6.10. The number of hydrogen-bond acceptors (Lipinski definition) is 5. The molecule has 6 nitrogen and oxygen atoms in total.